The van der Waals surface area contributed by atoms with Crippen LogP contribution in [0.25, 0.3) is 0 Å². The van der Waals surface area contributed by atoms with Crippen LogP contribution in [0.5, 0.6) is 0 Å². The van der Waals surface area contributed by atoms with Gasteiger partial charge in [-0.2, -0.15) is 0 Å². The van der Waals surface area contributed by atoms with E-state index in [1.165, 1.54) is 0 Å². The molecule has 2 N–H and O–H groups in total. The maximum atomic E-state index is 12.1. The number of benzene rings is 2. The minimum absolute atomic E-state index is 0.0722. The quantitative estimate of drug-likeness (QED) is 0.855. The molecule has 0 bridgehead atoms. The minimum Gasteiger partial charge on any atom is -0.343 e. The highest BCUT2D eigenvalue weighted by molar-refractivity contribution is 9.10. The lowest BCUT2D eigenvalue weighted by Crippen LogP contribution is -2.32. The standard InChI is InChI=1S/C18H19BrN2O2/c1-11-4-6-14(8-13(11)3)18(23)20-10-17(22)21-15-7-5-12(2)16(19)9-15/h4-9H,10H2,1-3H3,(H,20,23)(H,21,22). The van der Waals surface area contributed by atoms with Crippen molar-refractivity contribution in [2.75, 3.05) is 11.9 Å². The molecule has 0 aromatic heterocycles. The highest BCUT2D eigenvalue weighted by atomic mass is 79.9. The largest absolute Gasteiger partial charge is 0.343 e. The number of amides is 2. The van der Waals surface area contributed by atoms with Crippen molar-refractivity contribution in [1.82, 2.24) is 5.32 Å². The van der Waals surface area contributed by atoms with Gasteiger partial charge in [0.05, 0.1) is 6.54 Å². The van der Waals surface area contributed by atoms with Gasteiger partial charge in [-0.3, -0.25) is 9.59 Å². The zero-order valence-electron chi connectivity index (χ0n) is 13.4. The second kappa shape index (κ2) is 7.42. The van der Waals surface area contributed by atoms with Crippen LogP contribution in [0.4, 0.5) is 5.69 Å². The van der Waals surface area contributed by atoms with Gasteiger partial charge in [0, 0.05) is 15.7 Å². The van der Waals surface area contributed by atoms with Crippen molar-refractivity contribution in [1.29, 1.82) is 0 Å². The summed E-state index contributed by atoms with van der Waals surface area (Å²) in [4.78, 5) is 24.0. The predicted octanol–water partition coefficient (Wildman–Crippen LogP) is 3.74. The third kappa shape index (κ3) is 4.66. The Labute approximate surface area is 144 Å². The smallest absolute Gasteiger partial charge is 0.251 e. The Kier molecular flexibility index (Phi) is 5.55. The number of anilines is 1. The van der Waals surface area contributed by atoms with Gasteiger partial charge in [0.25, 0.3) is 5.91 Å². The lowest BCUT2D eigenvalue weighted by Gasteiger charge is -2.09. The summed E-state index contributed by atoms with van der Waals surface area (Å²) in [6.45, 7) is 5.84. The van der Waals surface area contributed by atoms with E-state index in [1.807, 2.05) is 51.1 Å². The number of nitrogens with one attached hydrogen (secondary N) is 2. The summed E-state index contributed by atoms with van der Waals surface area (Å²) in [5.74, 6) is -0.522. The van der Waals surface area contributed by atoms with Gasteiger partial charge in [-0.05, 0) is 61.7 Å². The molecule has 4 nitrogen and oxygen atoms in total. The average molecular weight is 375 g/mol. The molecule has 0 aliphatic carbocycles. The van der Waals surface area contributed by atoms with Gasteiger partial charge >= 0.3 is 0 Å². The van der Waals surface area contributed by atoms with Gasteiger partial charge in [0.15, 0.2) is 0 Å². The van der Waals surface area contributed by atoms with E-state index in [0.29, 0.717) is 11.3 Å². The van der Waals surface area contributed by atoms with E-state index >= 15 is 0 Å². The maximum absolute atomic E-state index is 12.1. The fraction of sp³-hybridized carbons (Fsp3) is 0.222. The first kappa shape index (κ1) is 17.2. The van der Waals surface area contributed by atoms with Crippen molar-refractivity contribution < 1.29 is 9.59 Å². The molecular formula is C18H19BrN2O2. The van der Waals surface area contributed by atoms with Crippen LogP contribution in [-0.2, 0) is 4.79 Å². The predicted molar refractivity (Wildman–Crippen MR) is 95.8 cm³/mol. The Bertz CT molecular complexity index is 757. The Morgan fingerprint density at radius 2 is 1.65 bits per heavy atom. The second-order valence-electron chi connectivity index (χ2n) is 5.49. The Hall–Kier alpha value is -2.14. The molecule has 0 saturated carbocycles. The lowest BCUT2D eigenvalue weighted by atomic mass is 10.1. The van der Waals surface area contributed by atoms with Crippen LogP contribution in [-0.4, -0.2) is 18.4 Å². The molecule has 0 aliphatic heterocycles. The van der Waals surface area contributed by atoms with Crippen LogP contribution in [0.3, 0.4) is 0 Å². The summed E-state index contributed by atoms with van der Waals surface area (Å²) in [6, 6.07) is 11.0. The van der Waals surface area contributed by atoms with Crippen molar-refractivity contribution in [3.8, 4) is 0 Å². The van der Waals surface area contributed by atoms with E-state index in [9.17, 15) is 9.59 Å². The van der Waals surface area contributed by atoms with E-state index < -0.39 is 0 Å². The van der Waals surface area contributed by atoms with E-state index in [4.69, 9.17) is 0 Å². The van der Waals surface area contributed by atoms with Gasteiger partial charge in [-0.1, -0.05) is 28.1 Å². The van der Waals surface area contributed by atoms with Crippen LogP contribution in [0, 0.1) is 20.8 Å². The molecule has 2 rings (SSSR count). The maximum Gasteiger partial charge on any atom is 0.251 e. The lowest BCUT2D eigenvalue weighted by molar-refractivity contribution is -0.115. The fourth-order valence-corrected chi connectivity index (χ4v) is 2.40. The SMILES string of the molecule is Cc1ccc(C(=O)NCC(=O)Nc2ccc(C)c(Br)c2)cc1C. The first-order valence-corrected chi connectivity index (χ1v) is 8.07. The van der Waals surface area contributed by atoms with Gasteiger partial charge in [0.1, 0.15) is 0 Å². The van der Waals surface area contributed by atoms with Crippen molar-refractivity contribution in [3.05, 3.63) is 63.1 Å². The molecule has 0 aliphatic rings. The monoisotopic (exact) mass is 374 g/mol. The fourth-order valence-electron chi connectivity index (χ4n) is 2.02. The Morgan fingerprint density at radius 3 is 2.30 bits per heavy atom. The summed E-state index contributed by atoms with van der Waals surface area (Å²) in [6.07, 6.45) is 0. The first-order valence-electron chi connectivity index (χ1n) is 7.28. The first-order chi connectivity index (χ1) is 10.9. The van der Waals surface area contributed by atoms with Crippen molar-refractivity contribution in [3.63, 3.8) is 0 Å². The van der Waals surface area contributed by atoms with E-state index in [-0.39, 0.29) is 18.4 Å². The van der Waals surface area contributed by atoms with E-state index in [1.54, 1.807) is 6.07 Å². The molecule has 2 amide bonds. The molecule has 2 aromatic rings. The minimum atomic E-state index is -0.266. The normalized spacial score (nSPS) is 10.3. The molecule has 0 heterocycles. The van der Waals surface area contributed by atoms with Crippen molar-refractivity contribution >= 4 is 33.4 Å². The zero-order chi connectivity index (χ0) is 17.0. The number of aryl methyl sites for hydroxylation is 3. The molecule has 0 unspecified atom stereocenters. The number of carbonyl (C=O) groups is 2. The van der Waals surface area contributed by atoms with Gasteiger partial charge in [-0.25, -0.2) is 0 Å². The van der Waals surface area contributed by atoms with Crippen LogP contribution >= 0.6 is 15.9 Å². The number of halogens is 1. The highest BCUT2D eigenvalue weighted by Gasteiger charge is 2.09. The van der Waals surface area contributed by atoms with Crippen LogP contribution < -0.4 is 10.6 Å². The summed E-state index contributed by atoms with van der Waals surface area (Å²) in [5.41, 5.74) is 4.51. The molecular weight excluding hydrogens is 356 g/mol. The number of hydrogen-bond acceptors (Lipinski definition) is 2. The molecule has 0 spiro atoms. The van der Waals surface area contributed by atoms with Gasteiger partial charge in [0.2, 0.25) is 5.91 Å². The summed E-state index contributed by atoms with van der Waals surface area (Å²) in [5, 5.41) is 5.38. The molecule has 23 heavy (non-hydrogen) atoms. The molecule has 5 heteroatoms. The molecule has 0 atom stereocenters. The van der Waals surface area contributed by atoms with Crippen LogP contribution in [0.1, 0.15) is 27.0 Å². The van der Waals surface area contributed by atoms with Gasteiger partial charge in [-0.15, -0.1) is 0 Å². The molecule has 120 valence electrons. The van der Waals surface area contributed by atoms with E-state index in [2.05, 4.69) is 26.6 Å². The number of carbonyl (C=O) groups excluding carboxylic acids is 2. The van der Waals surface area contributed by atoms with Gasteiger partial charge < -0.3 is 10.6 Å². The van der Waals surface area contributed by atoms with Crippen molar-refractivity contribution in [2.24, 2.45) is 0 Å². The molecule has 0 saturated heterocycles. The Balaban J connectivity index is 1.91. The topological polar surface area (TPSA) is 58.2 Å². The number of hydrogen-bond donors (Lipinski definition) is 2. The summed E-state index contributed by atoms with van der Waals surface area (Å²) in [7, 11) is 0. The Morgan fingerprint density at radius 1 is 0.957 bits per heavy atom. The summed E-state index contributed by atoms with van der Waals surface area (Å²) >= 11 is 3.42. The summed E-state index contributed by atoms with van der Waals surface area (Å²) < 4.78 is 0.925. The number of rotatable bonds is 4. The zero-order valence-corrected chi connectivity index (χ0v) is 15.0. The van der Waals surface area contributed by atoms with Crippen molar-refractivity contribution in [2.45, 2.75) is 20.8 Å². The second-order valence-corrected chi connectivity index (χ2v) is 6.35. The van der Waals surface area contributed by atoms with E-state index in [0.717, 1.165) is 21.2 Å². The third-order valence-electron chi connectivity index (χ3n) is 3.63. The third-order valence-corrected chi connectivity index (χ3v) is 4.49. The van der Waals surface area contributed by atoms with Crippen LogP contribution in [0.2, 0.25) is 0 Å². The molecule has 0 fully saturated rings. The van der Waals surface area contributed by atoms with Crippen LogP contribution in [0.15, 0.2) is 40.9 Å². The highest BCUT2D eigenvalue weighted by Crippen LogP contribution is 2.20. The average Bonchev–Trinajstić information content (AvgIpc) is 2.51. The molecule has 0 radical (unpaired) electrons. The molecule has 2 aromatic carbocycles.